The number of benzene rings is 2. The van der Waals surface area contributed by atoms with Crippen molar-refractivity contribution in [3.8, 4) is 16.9 Å². The fraction of sp³-hybridized carbons (Fsp3) is 0.276. The van der Waals surface area contributed by atoms with E-state index in [-0.39, 0.29) is 5.75 Å². The Morgan fingerprint density at radius 3 is 2.54 bits per heavy atom. The molecule has 0 radical (unpaired) electrons. The number of nitrogens with zero attached hydrogens (tertiary/aromatic N) is 6. The quantitative estimate of drug-likeness (QED) is 0.238. The Morgan fingerprint density at radius 2 is 1.77 bits per heavy atom. The van der Waals surface area contributed by atoms with Crippen LogP contribution >= 0.6 is 0 Å². The van der Waals surface area contributed by atoms with Crippen molar-refractivity contribution in [2.45, 2.75) is 13.5 Å². The number of morpholine rings is 1. The number of aromatic hydroxyl groups is 1. The second-order valence-electron chi connectivity index (χ2n) is 9.27. The largest absolute Gasteiger partial charge is 0.508 e. The lowest BCUT2D eigenvalue weighted by atomic mass is 10.1. The lowest BCUT2D eigenvalue weighted by molar-refractivity contribution is 0.0398. The van der Waals surface area contributed by atoms with Crippen molar-refractivity contribution < 1.29 is 9.84 Å². The standard InChI is InChI=1S/C29H32N8O2/c1-21-17-28(30-11-12-37-13-15-39-16-14-37)35-29(33-21)36-32-20-25-9-10-26(19-31-25)34-24-7-5-22(6-8-24)23-3-2-4-27(38)18-23/h2-10,17-19,34,38H,11-16,20H2,1H3,(H,30,33,35). The molecule has 0 atom stereocenters. The number of hydrogen-bond donors (Lipinski definition) is 3. The lowest BCUT2D eigenvalue weighted by Gasteiger charge is -2.26. The molecule has 39 heavy (non-hydrogen) atoms. The maximum Gasteiger partial charge on any atom is 0.270 e. The maximum absolute atomic E-state index is 9.70. The van der Waals surface area contributed by atoms with Crippen LogP contribution in [0.15, 0.2) is 83.2 Å². The van der Waals surface area contributed by atoms with Crippen LogP contribution in [-0.2, 0) is 11.3 Å². The predicted molar refractivity (Wildman–Crippen MR) is 152 cm³/mol. The summed E-state index contributed by atoms with van der Waals surface area (Å²) in [5.74, 6) is 1.33. The molecule has 2 aromatic heterocycles. The molecule has 0 unspecified atom stereocenters. The highest BCUT2D eigenvalue weighted by molar-refractivity contribution is 5.69. The van der Waals surface area contributed by atoms with Crippen molar-refractivity contribution in [3.63, 3.8) is 0 Å². The van der Waals surface area contributed by atoms with Gasteiger partial charge in [-0.25, -0.2) is 4.98 Å². The van der Waals surface area contributed by atoms with Crippen LogP contribution < -0.4 is 10.6 Å². The first-order valence-corrected chi connectivity index (χ1v) is 13.0. The van der Waals surface area contributed by atoms with Crippen molar-refractivity contribution >= 4 is 23.1 Å². The first-order valence-electron chi connectivity index (χ1n) is 13.0. The first-order chi connectivity index (χ1) is 19.1. The van der Waals surface area contributed by atoms with E-state index in [4.69, 9.17) is 4.74 Å². The Morgan fingerprint density at radius 1 is 0.949 bits per heavy atom. The van der Waals surface area contributed by atoms with Crippen molar-refractivity contribution in [1.82, 2.24) is 19.9 Å². The molecule has 3 N–H and O–H groups in total. The molecule has 200 valence electrons. The Kier molecular flexibility index (Phi) is 8.67. The predicted octanol–water partition coefficient (Wildman–Crippen LogP) is 5.32. The number of aryl methyl sites for hydroxylation is 1. The number of nitrogens with one attached hydrogen (secondary N) is 2. The number of anilines is 3. The van der Waals surface area contributed by atoms with Gasteiger partial charge in [-0.05, 0) is 54.4 Å². The van der Waals surface area contributed by atoms with Gasteiger partial charge in [-0.2, -0.15) is 10.1 Å². The second kappa shape index (κ2) is 12.9. The molecule has 10 heteroatoms. The number of azo groups is 1. The van der Waals surface area contributed by atoms with E-state index in [9.17, 15) is 5.11 Å². The third kappa shape index (κ3) is 7.79. The third-order valence-corrected chi connectivity index (χ3v) is 6.25. The summed E-state index contributed by atoms with van der Waals surface area (Å²) in [6.07, 6.45) is 1.77. The van der Waals surface area contributed by atoms with Gasteiger partial charge in [0.1, 0.15) is 18.1 Å². The molecule has 2 aromatic carbocycles. The van der Waals surface area contributed by atoms with Crippen molar-refractivity contribution in [2.24, 2.45) is 10.2 Å². The Hall–Kier alpha value is -4.41. The second-order valence-corrected chi connectivity index (χ2v) is 9.27. The number of hydrogen-bond acceptors (Lipinski definition) is 10. The summed E-state index contributed by atoms with van der Waals surface area (Å²) < 4.78 is 5.40. The van der Waals surface area contributed by atoms with Crippen molar-refractivity contribution in [2.75, 3.05) is 50.0 Å². The van der Waals surface area contributed by atoms with Crippen LogP contribution in [-0.4, -0.2) is 64.4 Å². The van der Waals surface area contributed by atoms with E-state index in [1.165, 1.54) is 0 Å². The zero-order valence-electron chi connectivity index (χ0n) is 21.9. The van der Waals surface area contributed by atoms with E-state index < -0.39 is 0 Å². The minimum absolute atomic E-state index is 0.253. The average molecular weight is 525 g/mol. The highest BCUT2D eigenvalue weighted by atomic mass is 16.5. The monoisotopic (exact) mass is 524 g/mol. The van der Waals surface area contributed by atoms with Gasteiger partial charge in [-0.1, -0.05) is 24.3 Å². The van der Waals surface area contributed by atoms with Crippen LogP contribution in [0.4, 0.5) is 23.1 Å². The maximum atomic E-state index is 9.70. The first kappa shape index (κ1) is 26.2. The SMILES string of the molecule is Cc1cc(NCCN2CCOCC2)nc(N=NCc2ccc(Nc3ccc(-c4cccc(O)c4)cc3)cn2)n1. The highest BCUT2D eigenvalue weighted by Gasteiger charge is 2.10. The molecule has 1 fully saturated rings. The third-order valence-electron chi connectivity index (χ3n) is 6.25. The lowest BCUT2D eigenvalue weighted by Crippen LogP contribution is -2.39. The summed E-state index contributed by atoms with van der Waals surface area (Å²) in [5, 5.41) is 24.9. The van der Waals surface area contributed by atoms with Crippen LogP contribution in [0.25, 0.3) is 11.1 Å². The molecule has 4 aromatic rings. The van der Waals surface area contributed by atoms with Gasteiger partial charge in [-0.15, -0.1) is 5.11 Å². The zero-order chi connectivity index (χ0) is 26.9. The summed E-state index contributed by atoms with van der Waals surface area (Å²) in [6.45, 7) is 7.48. The molecule has 5 rings (SSSR count). The van der Waals surface area contributed by atoms with E-state index in [0.717, 1.165) is 79.1 Å². The molecule has 0 amide bonds. The Balaban J connectivity index is 1.12. The summed E-state index contributed by atoms with van der Waals surface area (Å²) in [6, 6.07) is 21.0. The molecule has 0 bridgehead atoms. The van der Waals surface area contributed by atoms with Crippen molar-refractivity contribution in [3.05, 3.63) is 84.3 Å². The van der Waals surface area contributed by atoms with E-state index in [1.54, 1.807) is 18.3 Å². The molecule has 0 aliphatic carbocycles. The topological polar surface area (TPSA) is 120 Å². The number of phenols is 1. The fourth-order valence-electron chi connectivity index (χ4n) is 4.22. The van der Waals surface area contributed by atoms with Gasteiger partial charge in [0, 0.05) is 43.6 Å². The molecule has 1 saturated heterocycles. The number of rotatable bonds is 10. The summed E-state index contributed by atoms with van der Waals surface area (Å²) in [4.78, 5) is 15.7. The van der Waals surface area contributed by atoms with E-state index in [0.29, 0.717) is 12.5 Å². The minimum Gasteiger partial charge on any atom is -0.508 e. The highest BCUT2D eigenvalue weighted by Crippen LogP contribution is 2.25. The van der Waals surface area contributed by atoms with Gasteiger partial charge in [0.2, 0.25) is 0 Å². The molecule has 0 saturated carbocycles. The van der Waals surface area contributed by atoms with E-state index in [2.05, 4.69) is 40.7 Å². The molecule has 0 spiro atoms. The number of ether oxygens (including phenoxy) is 1. The van der Waals surface area contributed by atoms with E-state index >= 15 is 0 Å². The number of aromatic nitrogens is 3. The van der Waals surface area contributed by atoms with Crippen LogP contribution in [0.5, 0.6) is 5.75 Å². The molecule has 1 aliphatic rings. The van der Waals surface area contributed by atoms with Crippen LogP contribution in [0.3, 0.4) is 0 Å². The normalized spacial score (nSPS) is 14.0. The Bertz CT molecular complexity index is 1390. The minimum atomic E-state index is 0.253. The zero-order valence-corrected chi connectivity index (χ0v) is 21.9. The smallest absolute Gasteiger partial charge is 0.270 e. The van der Waals surface area contributed by atoms with E-state index in [1.807, 2.05) is 61.5 Å². The molecule has 10 nitrogen and oxygen atoms in total. The van der Waals surface area contributed by atoms with Gasteiger partial charge < -0.3 is 20.5 Å². The number of pyridine rings is 1. The molecule has 1 aliphatic heterocycles. The fourth-order valence-corrected chi connectivity index (χ4v) is 4.22. The van der Waals surface area contributed by atoms with Gasteiger partial charge in [-0.3, -0.25) is 9.88 Å². The summed E-state index contributed by atoms with van der Waals surface area (Å²) >= 11 is 0. The van der Waals surface area contributed by atoms with Crippen LogP contribution in [0.1, 0.15) is 11.4 Å². The number of phenolic OH excluding ortho intramolecular Hbond substituents is 1. The van der Waals surface area contributed by atoms with Gasteiger partial charge in [0.05, 0.1) is 30.8 Å². The summed E-state index contributed by atoms with van der Waals surface area (Å²) in [5.41, 5.74) is 5.43. The van der Waals surface area contributed by atoms with Gasteiger partial charge >= 0.3 is 0 Å². The van der Waals surface area contributed by atoms with Crippen LogP contribution in [0, 0.1) is 6.92 Å². The molecule has 3 heterocycles. The molecular formula is C29H32N8O2. The molecular weight excluding hydrogens is 492 g/mol. The van der Waals surface area contributed by atoms with Crippen molar-refractivity contribution in [1.29, 1.82) is 0 Å². The van der Waals surface area contributed by atoms with Crippen LogP contribution in [0.2, 0.25) is 0 Å². The Labute approximate surface area is 227 Å². The summed E-state index contributed by atoms with van der Waals surface area (Å²) in [7, 11) is 0. The van der Waals surface area contributed by atoms with Gasteiger partial charge in [0.15, 0.2) is 0 Å². The average Bonchev–Trinajstić information content (AvgIpc) is 2.95. The van der Waals surface area contributed by atoms with Gasteiger partial charge in [0.25, 0.3) is 5.95 Å².